The number of carbonyl (C=O) groups excluding carboxylic acids is 2. The number of methoxy groups -OCH3 is 1. The highest BCUT2D eigenvalue weighted by molar-refractivity contribution is 5.93. The summed E-state index contributed by atoms with van der Waals surface area (Å²) in [4.78, 5) is 35.3. The summed E-state index contributed by atoms with van der Waals surface area (Å²) in [7, 11) is 2.78. The van der Waals surface area contributed by atoms with E-state index in [2.05, 4.69) is 20.4 Å². The number of rotatable bonds is 4. The van der Waals surface area contributed by atoms with Crippen molar-refractivity contribution in [2.45, 2.75) is 38.3 Å². The van der Waals surface area contributed by atoms with Crippen molar-refractivity contribution in [2.24, 2.45) is 0 Å². The molecule has 1 amide bonds. The number of amides is 1. The van der Waals surface area contributed by atoms with E-state index in [1.807, 2.05) is 0 Å². The molecule has 0 aliphatic carbocycles. The Morgan fingerprint density at radius 2 is 2.05 bits per heavy atom. The summed E-state index contributed by atoms with van der Waals surface area (Å²) in [6, 6.07) is 3.02. The summed E-state index contributed by atoms with van der Waals surface area (Å²) in [5.41, 5.74) is 4.54. The maximum atomic E-state index is 14.9. The minimum absolute atomic E-state index is 0.0376. The molecule has 3 aromatic rings. The Kier molecular flexibility index (Phi) is 6.62. The number of anilines is 2. The second-order valence-corrected chi connectivity index (χ2v) is 8.97. The summed E-state index contributed by atoms with van der Waals surface area (Å²) in [6.45, 7) is 0.113. The number of fused-ring (bicyclic) bond motifs is 2. The van der Waals surface area contributed by atoms with Crippen molar-refractivity contribution in [2.75, 3.05) is 31.3 Å². The maximum Gasteiger partial charge on any atom is 0.416 e. The lowest BCUT2D eigenvalue weighted by atomic mass is 9.94. The van der Waals surface area contributed by atoms with Gasteiger partial charge in [0, 0.05) is 37.6 Å². The average molecular weight is 549 g/mol. The van der Waals surface area contributed by atoms with Gasteiger partial charge in [0.1, 0.15) is 5.82 Å². The minimum Gasteiger partial charge on any atom is -0.467 e. The van der Waals surface area contributed by atoms with Crippen LogP contribution in [0.5, 0.6) is 6.01 Å². The van der Waals surface area contributed by atoms with Crippen LogP contribution >= 0.6 is 0 Å². The molecule has 39 heavy (non-hydrogen) atoms. The van der Waals surface area contributed by atoms with E-state index in [9.17, 15) is 27.2 Å². The molecule has 11 nitrogen and oxygen atoms in total. The standard InChI is InChI=1S/C24H23F4N7O4/c1-30-22(37)16-7-11-9-34(6-5-18(36)35(11)33-16)21-12-10-39-17(8-15(12)31-23(32-21)38-2)19-13(24(26,27)28)3-4-14(29)20(19)25/h3-4,7,17H,5-6,8-10,29H2,1-2H3,(H,30,37). The average Bonchev–Trinajstić information content (AvgIpc) is 3.27. The molecule has 3 N–H and O–H groups in total. The third kappa shape index (κ3) is 4.73. The van der Waals surface area contributed by atoms with E-state index in [4.69, 9.17) is 15.2 Å². The molecule has 0 saturated carbocycles. The number of hydrogen-bond acceptors (Lipinski definition) is 9. The second kappa shape index (κ2) is 9.80. The SMILES string of the molecule is CNC(=O)c1cc2n(n1)C(=O)CCN(c1nc(OC)nc3c1COC(c1c(C(F)(F)F)ccc(N)c1F)C3)C2. The number of nitrogens with one attached hydrogen (secondary N) is 1. The number of nitrogens with zero attached hydrogens (tertiary/aromatic N) is 5. The van der Waals surface area contributed by atoms with E-state index in [1.54, 1.807) is 4.90 Å². The quantitative estimate of drug-likeness (QED) is 0.372. The summed E-state index contributed by atoms with van der Waals surface area (Å²) < 4.78 is 68.3. The van der Waals surface area contributed by atoms with Gasteiger partial charge < -0.3 is 25.4 Å². The Bertz CT molecular complexity index is 1470. The molecule has 0 fully saturated rings. The number of hydrogen-bond donors (Lipinski definition) is 2. The number of ether oxygens (including phenoxy) is 2. The number of alkyl halides is 3. The minimum atomic E-state index is -4.84. The van der Waals surface area contributed by atoms with Crippen molar-refractivity contribution >= 4 is 23.3 Å². The highest BCUT2D eigenvalue weighted by atomic mass is 19.4. The van der Waals surface area contributed by atoms with Crippen LogP contribution in [0.15, 0.2) is 18.2 Å². The molecule has 206 valence electrons. The summed E-state index contributed by atoms with van der Waals surface area (Å²) in [5, 5.41) is 6.57. The predicted octanol–water partition coefficient (Wildman–Crippen LogP) is 2.65. The molecule has 0 radical (unpaired) electrons. The first-order chi connectivity index (χ1) is 18.5. The first-order valence-electron chi connectivity index (χ1n) is 11.8. The number of nitrogens with two attached hydrogens (primary N) is 1. The fourth-order valence-corrected chi connectivity index (χ4v) is 4.72. The molecule has 0 spiro atoms. The van der Waals surface area contributed by atoms with Crippen LogP contribution in [0.3, 0.4) is 0 Å². The van der Waals surface area contributed by atoms with Crippen LogP contribution in [-0.2, 0) is 30.5 Å². The lowest BCUT2D eigenvalue weighted by Crippen LogP contribution is -2.29. The van der Waals surface area contributed by atoms with Gasteiger partial charge in [-0.3, -0.25) is 9.59 Å². The zero-order valence-corrected chi connectivity index (χ0v) is 20.8. The lowest BCUT2D eigenvalue weighted by Gasteiger charge is -2.31. The number of benzene rings is 1. The Hall–Kier alpha value is -4.27. The molecule has 0 bridgehead atoms. The Balaban J connectivity index is 1.54. The van der Waals surface area contributed by atoms with Gasteiger partial charge >= 0.3 is 12.2 Å². The van der Waals surface area contributed by atoms with Crippen LogP contribution in [0.1, 0.15) is 55.9 Å². The topological polar surface area (TPSA) is 137 Å². The molecule has 5 rings (SSSR count). The largest absolute Gasteiger partial charge is 0.467 e. The first-order valence-corrected chi connectivity index (χ1v) is 11.8. The smallest absolute Gasteiger partial charge is 0.416 e. The molecule has 2 aliphatic heterocycles. The van der Waals surface area contributed by atoms with Crippen LogP contribution in [-0.4, -0.2) is 52.3 Å². The zero-order valence-electron chi connectivity index (χ0n) is 20.8. The van der Waals surface area contributed by atoms with Crippen LogP contribution in [0, 0.1) is 5.82 Å². The van der Waals surface area contributed by atoms with Crippen LogP contribution < -0.4 is 20.7 Å². The number of nitrogen functional groups attached to an aromatic ring is 1. The molecule has 1 aromatic carbocycles. The van der Waals surface area contributed by atoms with E-state index in [0.717, 1.165) is 12.1 Å². The van der Waals surface area contributed by atoms with Crippen molar-refractivity contribution in [1.29, 1.82) is 0 Å². The van der Waals surface area contributed by atoms with E-state index >= 15 is 0 Å². The van der Waals surface area contributed by atoms with E-state index in [1.165, 1.54) is 24.9 Å². The summed E-state index contributed by atoms with van der Waals surface area (Å²) in [5.74, 6) is -1.65. The number of carbonyl (C=O) groups is 2. The van der Waals surface area contributed by atoms with Gasteiger partial charge in [0.2, 0.25) is 5.91 Å². The van der Waals surface area contributed by atoms with Gasteiger partial charge in [-0.15, -0.1) is 0 Å². The van der Waals surface area contributed by atoms with Gasteiger partial charge in [-0.05, 0) is 18.2 Å². The number of halogens is 4. The molecule has 0 saturated heterocycles. The van der Waals surface area contributed by atoms with Gasteiger partial charge in [-0.2, -0.15) is 28.2 Å². The van der Waals surface area contributed by atoms with Crippen molar-refractivity contribution in [3.05, 3.63) is 57.8 Å². The van der Waals surface area contributed by atoms with Crippen LogP contribution in [0.25, 0.3) is 0 Å². The lowest BCUT2D eigenvalue weighted by molar-refractivity contribution is -0.140. The Morgan fingerprint density at radius 3 is 2.74 bits per heavy atom. The van der Waals surface area contributed by atoms with Crippen LogP contribution in [0.4, 0.5) is 29.1 Å². The monoisotopic (exact) mass is 549 g/mol. The molecular weight excluding hydrogens is 526 g/mol. The van der Waals surface area contributed by atoms with E-state index < -0.39 is 40.8 Å². The fraction of sp³-hybridized carbons (Fsp3) is 0.375. The Morgan fingerprint density at radius 1 is 1.28 bits per heavy atom. The maximum absolute atomic E-state index is 14.9. The van der Waals surface area contributed by atoms with E-state index in [-0.39, 0.29) is 50.1 Å². The van der Waals surface area contributed by atoms with Gasteiger partial charge in [-0.25, -0.2) is 9.07 Å². The molecule has 1 unspecified atom stereocenters. The predicted molar refractivity (Wildman–Crippen MR) is 128 cm³/mol. The normalized spacial score (nSPS) is 17.3. The van der Waals surface area contributed by atoms with Gasteiger partial charge in [0.05, 0.1) is 49.0 Å². The number of aromatic nitrogens is 4. The fourth-order valence-electron chi connectivity index (χ4n) is 4.72. The van der Waals surface area contributed by atoms with Crippen molar-refractivity contribution in [3.63, 3.8) is 0 Å². The molecular formula is C24H23F4N7O4. The highest BCUT2D eigenvalue weighted by Gasteiger charge is 2.40. The summed E-state index contributed by atoms with van der Waals surface area (Å²) >= 11 is 0. The Labute approximate surface area is 218 Å². The van der Waals surface area contributed by atoms with Crippen molar-refractivity contribution in [3.8, 4) is 6.01 Å². The third-order valence-corrected chi connectivity index (χ3v) is 6.60. The first kappa shape index (κ1) is 26.3. The summed E-state index contributed by atoms with van der Waals surface area (Å²) in [6.07, 6.45) is -6.34. The van der Waals surface area contributed by atoms with Crippen LogP contribution in [0.2, 0.25) is 0 Å². The van der Waals surface area contributed by atoms with Gasteiger partial charge in [-0.1, -0.05) is 0 Å². The van der Waals surface area contributed by atoms with Gasteiger partial charge in [0.15, 0.2) is 11.5 Å². The van der Waals surface area contributed by atoms with Gasteiger partial charge in [0.25, 0.3) is 5.91 Å². The highest BCUT2D eigenvalue weighted by Crippen LogP contribution is 2.43. The third-order valence-electron chi connectivity index (χ3n) is 6.60. The molecule has 2 aromatic heterocycles. The molecule has 4 heterocycles. The zero-order chi connectivity index (χ0) is 28.1. The van der Waals surface area contributed by atoms with E-state index in [0.29, 0.717) is 22.8 Å². The molecule has 2 aliphatic rings. The molecule has 15 heteroatoms. The van der Waals surface area contributed by atoms with Crippen molar-refractivity contribution in [1.82, 2.24) is 25.1 Å². The van der Waals surface area contributed by atoms with Crippen molar-refractivity contribution < 1.29 is 36.6 Å². The molecule has 1 atom stereocenters. The second-order valence-electron chi connectivity index (χ2n) is 8.97.